The van der Waals surface area contributed by atoms with Gasteiger partial charge in [-0.25, -0.2) is 19.6 Å². The molecule has 0 fully saturated rings. The van der Waals surface area contributed by atoms with Gasteiger partial charge >= 0.3 is 15.1 Å². The molecule has 0 spiro atoms. The van der Waals surface area contributed by atoms with E-state index in [1.54, 1.807) is 31.6 Å². The van der Waals surface area contributed by atoms with E-state index in [0.29, 0.717) is 27.8 Å². The fraction of sp³-hybridized carbons (Fsp3) is 0.103. The Hall–Kier alpha value is -3.84. The lowest BCUT2D eigenvalue weighted by atomic mass is 10.1. The molecule has 4 heterocycles. The summed E-state index contributed by atoms with van der Waals surface area (Å²) in [5, 5.41) is 14.3. The van der Waals surface area contributed by atoms with Crippen LogP contribution in [0.3, 0.4) is 0 Å². The number of H-pyrrole nitrogens is 2. The van der Waals surface area contributed by atoms with Crippen molar-refractivity contribution in [1.82, 2.24) is 19.9 Å². The van der Waals surface area contributed by atoms with E-state index in [9.17, 15) is 24.3 Å². The van der Waals surface area contributed by atoms with Gasteiger partial charge in [0.2, 0.25) is 11.6 Å². The van der Waals surface area contributed by atoms with Crippen LogP contribution < -0.4 is 4.74 Å². The number of esters is 2. The summed E-state index contributed by atoms with van der Waals surface area (Å²) in [6, 6.07) is 10.1. The number of aromatic amines is 2. The number of aromatic hydroxyl groups is 1. The van der Waals surface area contributed by atoms with Gasteiger partial charge in [-0.05, 0) is 24.3 Å². The highest BCUT2D eigenvalue weighted by Gasteiger charge is 2.21. The number of aromatic nitrogens is 4. The van der Waals surface area contributed by atoms with Crippen LogP contribution in [0.15, 0.2) is 59.6 Å². The highest BCUT2D eigenvalue weighted by Crippen LogP contribution is 2.27. The van der Waals surface area contributed by atoms with Crippen LogP contribution in [0.1, 0.15) is 51.7 Å². The normalized spacial score (nSPS) is 10.3. The number of thiazole rings is 2. The van der Waals surface area contributed by atoms with Crippen molar-refractivity contribution >= 4 is 118 Å². The first-order valence-corrected chi connectivity index (χ1v) is 17.5. The Bertz CT molecular complexity index is 2070. The molecule has 18 heteroatoms. The zero-order valence-corrected chi connectivity index (χ0v) is 30.9. The number of ketones is 2. The molecule has 6 aromatic rings. The zero-order chi connectivity index (χ0) is 34.2. The van der Waals surface area contributed by atoms with Crippen LogP contribution in [0.2, 0.25) is 0 Å². The Morgan fingerprint density at radius 3 is 1.64 bits per heavy atom. The lowest BCUT2D eigenvalue weighted by Crippen LogP contribution is -2.04. The molecular formula is C29H22BBr3N4O8S2. The van der Waals surface area contributed by atoms with Crippen LogP contribution in [0, 0.1) is 0 Å². The molecule has 0 saturated heterocycles. The molecule has 0 saturated carbocycles. The number of methoxy groups -OCH3 is 3. The fourth-order valence-corrected chi connectivity index (χ4v) is 5.59. The summed E-state index contributed by atoms with van der Waals surface area (Å²) in [6.07, 6.45) is 3.19. The Labute approximate surface area is 299 Å². The first-order chi connectivity index (χ1) is 22.5. The molecule has 12 nitrogen and oxygen atoms in total. The van der Waals surface area contributed by atoms with Crippen molar-refractivity contribution in [3.63, 3.8) is 0 Å². The zero-order valence-electron chi connectivity index (χ0n) is 24.5. The highest BCUT2D eigenvalue weighted by atomic mass is 79.9. The molecular weight excluding hydrogens is 847 g/mol. The topological polar surface area (TPSA) is 174 Å². The molecule has 3 N–H and O–H groups in total. The van der Waals surface area contributed by atoms with Gasteiger partial charge in [0.05, 0.1) is 32.5 Å². The van der Waals surface area contributed by atoms with Gasteiger partial charge in [0.15, 0.2) is 21.4 Å². The monoisotopic (exact) mass is 866 g/mol. The number of fused-ring (bicyclic) bond motifs is 2. The molecule has 0 aliphatic heterocycles. The van der Waals surface area contributed by atoms with E-state index >= 15 is 0 Å². The summed E-state index contributed by atoms with van der Waals surface area (Å²) in [7, 11) is 4.12. The Morgan fingerprint density at radius 1 is 0.745 bits per heavy atom. The average Bonchev–Trinajstić information content (AvgIpc) is 3.88. The minimum absolute atomic E-state index is 0.114. The lowest BCUT2D eigenvalue weighted by molar-refractivity contribution is 0.0586. The van der Waals surface area contributed by atoms with Crippen LogP contribution in [0.5, 0.6) is 11.5 Å². The summed E-state index contributed by atoms with van der Waals surface area (Å²) in [5.74, 6) is -0.835. The number of hydrogen-bond acceptors (Lipinski definition) is 12. The Morgan fingerprint density at radius 2 is 1.19 bits per heavy atom. The van der Waals surface area contributed by atoms with Crippen molar-refractivity contribution in [3.05, 3.63) is 92.1 Å². The predicted molar refractivity (Wildman–Crippen MR) is 191 cm³/mol. The SMILES string of the molecule is BrB(Br)Br.COC(=O)c1csc(C(=O)c2c[nH]c3cc(O)ccc23)n1.COC(=O)c1csc(C(=O)c2c[nH]c3cc(OC)ccc23)n1. The van der Waals surface area contributed by atoms with Gasteiger partial charge in [-0.1, -0.05) is 0 Å². The number of carbonyl (C=O) groups is 4. The van der Waals surface area contributed by atoms with Crippen LogP contribution in [0.4, 0.5) is 0 Å². The summed E-state index contributed by atoms with van der Waals surface area (Å²) in [4.78, 5) is 61.7. The smallest absolute Gasteiger partial charge is 0.369 e. The van der Waals surface area contributed by atoms with Gasteiger partial charge in [-0.15, -0.1) is 69.9 Å². The van der Waals surface area contributed by atoms with Crippen LogP contribution in [0.25, 0.3) is 21.8 Å². The maximum atomic E-state index is 12.5. The quantitative estimate of drug-likeness (QED) is 0.0850. The van der Waals surface area contributed by atoms with Gasteiger partial charge in [0.25, 0.3) is 0 Å². The van der Waals surface area contributed by atoms with E-state index in [1.807, 2.05) is 12.1 Å². The fourth-order valence-electron chi connectivity index (χ4n) is 4.11. The number of hydrogen-bond donors (Lipinski definition) is 3. The van der Waals surface area contributed by atoms with Crippen molar-refractivity contribution in [2.75, 3.05) is 21.3 Å². The van der Waals surface area contributed by atoms with E-state index < -0.39 is 11.9 Å². The molecule has 0 atom stereocenters. The molecule has 242 valence electrons. The first-order valence-electron chi connectivity index (χ1n) is 13.0. The number of carbonyl (C=O) groups excluding carboxylic acids is 4. The van der Waals surface area contributed by atoms with Gasteiger partial charge in [0, 0.05) is 57.1 Å². The summed E-state index contributed by atoms with van der Waals surface area (Å²) < 4.78 is 14.6. The van der Waals surface area contributed by atoms with E-state index in [-0.39, 0.29) is 41.9 Å². The van der Waals surface area contributed by atoms with Gasteiger partial charge in [-0.2, -0.15) is 0 Å². The molecule has 0 unspecified atom stereocenters. The molecule has 0 aliphatic carbocycles. The molecule has 4 aromatic heterocycles. The number of nitrogens with one attached hydrogen (secondary N) is 2. The second-order valence-electron chi connectivity index (χ2n) is 9.01. The van der Waals surface area contributed by atoms with Crippen molar-refractivity contribution in [3.8, 4) is 11.5 Å². The number of ether oxygens (including phenoxy) is 3. The van der Waals surface area contributed by atoms with E-state index in [2.05, 4.69) is 76.7 Å². The standard InChI is InChI=1S/C15H12N2O4S.C14H10N2O4S.BBr3/c1-20-8-3-4-9-10(6-16-11(9)5-8)13(18)14-17-12(7-22-14)15(19)21-2;1-20-14(19)11-6-21-13(16-11)12(18)9-5-15-10-4-7(17)2-3-8(9)10;2-1(3)4/h3-7,16H,1-2H3;2-6,15,17H,1H3;. The third kappa shape index (κ3) is 8.75. The third-order valence-corrected chi connectivity index (χ3v) is 7.91. The molecule has 0 bridgehead atoms. The van der Waals surface area contributed by atoms with Crippen LogP contribution >= 0.6 is 69.9 Å². The molecule has 2 aromatic carbocycles. The molecule has 0 aliphatic rings. The number of nitrogens with zero attached hydrogens (tertiary/aromatic N) is 2. The summed E-state index contributed by atoms with van der Waals surface area (Å²) in [6.45, 7) is 0. The van der Waals surface area contributed by atoms with E-state index in [4.69, 9.17) is 4.74 Å². The highest BCUT2D eigenvalue weighted by molar-refractivity contribution is 9.69. The second kappa shape index (κ2) is 16.3. The summed E-state index contributed by atoms with van der Waals surface area (Å²) in [5.41, 5.74) is 2.65. The largest absolute Gasteiger partial charge is 0.508 e. The Kier molecular flexibility index (Phi) is 12.5. The second-order valence-corrected chi connectivity index (χ2v) is 17.2. The van der Waals surface area contributed by atoms with E-state index in [1.165, 1.54) is 37.1 Å². The Balaban J connectivity index is 0.000000191. The molecule has 0 radical (unpaired) electrons. The number of phenolic OH excluding ortho intramolecular Hbond substituents is 1. The molecule has 47 heavy (non-hydrogen) atoms. The number of rotatable bonds is 7. The van der Waals surface area contributed by atoms with Crippen LogP contribution in [-0.2, 0) is 9.47 Å². The number of halogens is 3. The van der Waals surface area contributed by atoms with Crippen molar-refractivity contribution in [1.29, 1.82) is 0 Å². The third-order valence-electron chi connectivity index (χ3n) is 6.23. The van der Waals surface area contributed by atoms with Gasteiger partial charge in [-0.3, -0.25) is 9.59 Å². The maximum absolute atomic E-state index is 12.5. The van der Waals surface area contributed by atoms with Crippen LogP contribution in [-0.4, -0.2) is 73.1 Å². The van der Waals surface area contributed by atoms with E-state index in [0.717, 1.165) is 33.6 Å². The lowest BCUT2D eigenvalue weighted by Gasteiger charge is -1.99. The van der Waals surface area contributed by atoms with Crippen molar-refractivity contribution < 1.29 is 38.5 Å². The van der Waals surface area contributed by atoms with Crippen molar-refractivity contribution in [2.45, 2.75) is 0 Å². The maximum Gasteiger partial charge on any atom is 0.369 e. The number of phenols is 1. The average molecular weight is 869 g/mol. The minimum Gasteiger partial charge on any atom is -0.508 e. The first kappa shape index (κ1) is 36.0. The predicted octanol–water partition coefficient (Wildman–Crippen LogP) is 7.15. The summed E-state index contributed by atoms with van der Waals surface area (Å²) >= 11 is 11.5. The van der Waals surface area contributed by atoms with Gasteiger partial charge in [0.1, 0.15) is 11.5 Å². The molecule has 0 amide bonds. The van der Waals surface area contributed by atoms with Crippen molar-refractivity contribution in [2.24, 2.45) is 0 Å². The molecule has 6 rings (SSSR count). The minimum atomic E-state index is -0.575. The van der Waals surface area contributed by atoms with Gasteiger partial charge < -0.3 is 29.3 Å². The number of benzene rings is 2.